The summed E-state index contributed by atoms with van der Waals surface area (Å²) in [5.74, 6) is -0.369. The number of anilines is 1. The molecule has 5 nitrogen and oxygen atoms in total. The molecule has 0 saturated heterocycles. The van der Waals surface area contributed by atoms with E-state index < -0.39 is 5.97 Å². The van der Waals surface area contributed by atoms with Gasteiger partial charge < -0.3 is 15.3 Å². The number of amides is 2. The summed E-state index contributed by atoms with van der Waals surface area (Å²) in [6.07, 6.45) is 6.23. The molecule has 1 fully saturated rings. The maximum Gasteiger partial charge on any atom is 0.335 e. The Morgan fingerprint density at radius 3 is 2.38 bits per heavy atom. The number of benzene rings is 1. The fourth-order valence-electron chi connectivity index (χ4n) is 2.75. The Labute approximate surface area is 125 Å². The molecule has 21 heavy (non-hydrogen) atoms. The Morgan fingerprint density at radius 1 is 1.19 bits per heavy atom. The van der Waals surface area contributed by atoms with Gasteiger partial charge in [0.1, 0.15) is 0 Å². The highest BCUT2D eigenvalue weighted by Crippen LogP contribution is 2.24. The van der Waals surface area contributed by atoms with Crippen LogP contribution in [0.2, 0.25) is 0 Å². The first-order chi connectivity index (χ1) is 10.1. The van der Waals surface area contributed by atoms with Crippen molar-refractivity contribution in [3.63, 3.8) is 0 Å². The molecule has 2 N–H and O–H groups in total. The lowest BCUT2D eigenvalue weighted by Crippen LogP contribution is -2.35. The van der Waals surface area contributed by atoms with Gasteiger partial charge in [-0.15, -0.1) is 0 Å². The number of carboxylic acids is 1. The second-order valence-electron chi connectivity index (χ2n) is 5.70. The van der Waals surface area contributed by atoms with Gasteiger partial charge in [0.05, 0.1) is 5.56 Å². The lowest BCUT2D eigenvalue weighted by Gasteiger charge is -2.27. The van der Waals surface area contributed by atoms with E-state index in [4.69, 9.17) is 5.11 Å². The highest BCUT2D eigenvalue weighted by atomic mass is 16.4. The van der Waals surface area contributed by atoms with Crippen LogP contribution in [-0.4, -0.2) is 35.6 Å². The van der Waals surface area contributed by atoms with Crippen molar-refractivity contribution in [2.75, 3.05) is 18.9 Å². The number of nitrogens with one attached hydrogen (secondary N) is 1. The first kappa shape index (κ1) is 15.4. The smallest absolute Gasteiger partial charge is 0.335 e. The van der Waals surface area contributed by atoms with E-state index in [2.05, 4.69) is 5.32 Å². The Morgan fingerprint density at radius 2 is 1.81 bits per heavy atom. The molecule has 0 aromatic heterocycles. The summed E-state index contributed by atoms with van der Waals surface area (Å²) in [4.78, 5) is 24.6. The normalized spacial score (nSPS) is 15.5. The number of aromatic carboxylic acids is 1. The fourth-order valence-corrected chi connectivity index (χ4v) is 2.75. The first-order valence-corrected chi connectivity index (χ1v) is 7.42. The van der Waals surface area contributed by atoms with Crippen molar-refractivity contribution >= 4 is 17.7 Å². The molecule has 1 aromatic carbocycles. The van der Waals surface area contributed by atoms with Crippen molar-refractivity contribution in [3.05, 3.63) is 29.8 Å². The van der Waals surface area contributed by atoms with Gasteiger partial charge in [-0.1, -0.05) is 19.3 Å². The maximum atomic E-state index is 12.1. The number of urea groups is 1. The van der Waals surface area contributed by atoms with Gasteiger partial charge in [0, 0.05) is 19.3 Å². The average Bonchev–Trinajstić information content (AvgIpc) is 2.48. The van der Waals surface area contributed by atoms with Crippen LogP contribution in [0, 0.1) is 5.92 Å². The molecule has 0 spiro atoms. The summed E-state index contributed by atoms with van der Waals surface area (Å²) >= 11 is 0. The van der Waals surface area contributed by atoms with E-state index in [1.807, 2.05) is 0 Å². The number of carbonyl (C=O) groups is 2. The van der Waals surface area contributed by atoms with Gasteiger partial charge in [-0.2, -0.15) is 0 Å². The molecule has 0 heterocycles. The van der Waals surface area contributed by atoms with Crippen LogP contribution < -0.4 is 5.32 Å². The summed E-state index contributed by atoms with van der Waals surface area (Å²) in [5, 5.41) is 11.6. The second kappa shape index (κ2) is 7.11. The molecule has 114 valence electrons. The van der Waals surface area contributed by atoms with Crippen LogP contribution in [0.25, 0.3) is 0 Å². The van der Waals surface area contributed by atoms with Crippen molar-refractivity contribution in [1.82, 2.24) is 4.90 Å². The topological polar surface area (TPSA) is 69.6 Å². The molecule has 2 rings (SSSR count). The average molecular weight is 290 g/mol. The summed E-state index contributed by atoms with van der Waals surface area (Å²) in [5.41, 5.74) is 0.823. The molecular formula is C16H22N2O3. The van der Waals surface area contributed by atoms with Crippen LogP contribution in [0.5, 0.6) is 0 Å². The van der Waals surface area contributed by atoms with Gasteiger partial charge in [-0.05, 0) is 43.0 Å². The Kier molecular flexibility index (Phi) is 5.20. The molecule has 1 aliphatic rings. The second-order valence-corrected chi connectivity index (χ2v) is 5.70. The minimum atomic E-state index is -0.970. The molecule has 0 radical (unpaired) electrons. The Bertz CT molecular complexity index is 493. The van der Waals surface area contributed by atoms with E-state index in [0.717, 1.165) is 6.54 Å². The van der Waals surface area contributed by atoms with Crippen LogP contribution in [0.1, 0.15) is 42.5 Å². The lowest BCUT2D eigenvalue weighted by molar-refractivity contribution is 0.0697. The Balaban J connectivity index is 1.86. The van der Waals surface area contributed by atoms with Crippen molar-refractivity contribution < 1.29 is 14.7 Å². The van der Waals surface area contributed by atoms with Gasteiger partial charge in [-0.25, -0.2) is 9.59 Å². The summed E-state index contributed by atoms with van der Waals surface area (Å²) in [6, 6.07) is 6.03. The van der Waals surface area contributed by atoms with E-state index in [0.29, 0.717) is 11.6 Å². The molecular weight excluding hydrogens is 268 g/mol. The standard InChI is InChI=1S/C16H22N2O3/c1-18(11-12-5-3-2-4-6-12)16(21)17-14-9-7-13(8-10-14)15(19)20/h7-10,12H,2-6,11H2,1H3,(H,17,21)(H,19,20). The largest absolute Gasteiger partial charge is 0.478 e. The molecule has 1 aromatic rings. The number of hydrogen-bond acceptors (Lipinski definition) is 2. The van der Waals surface area contributed by atoms with Crippen LogP contribution >= 0.6 is 0 Å². The first-order valence-electron chi connectivity index (χ1n) is 7.42. The van der Waals surface area contributed by atoms with Crippen LogP contribution in [0.4, 0.5) is 10.5 Å². The Hall–Kier alpha value is -2.04. The van der Waals surface area contributed by atoms with E-state index in [1.165, 1.54) is 44.2 Å². The number of hydrogen-bond donors (Lipinski definition) is 2. The molecule has 1 saturated carbocycles. The van der Waals surface area contributed by atoms with Crippen molar-refractivity contribution in [3.8, 4) is 0 Å². The summed E-state index contributed by atoms with van der Waals surface area (Å²) in [6.45, 7) is 0.777. The van der Waals surface area contributed by atoms with E-state index in [9.17, 15) is 9.59 Å². The third-order valence-electron chi connectivity index (χ3n) is 3.99. The number of nitrogens with zero attached hydrogens (tertiary/aromatic N) is 1. The number of rotatable bonds is 4. The van der Waals surface area contributed by atoms with Crippen molar-refractivity contribution in [1.29, 1.82) is 0 Å². The van der Waals surface area contributed by atoms with Crippen LogP contribution in [0.3, 0.4) is 0 Å². The number of carbonyl (C=O) groups excluding carboxylic acids is 1. The third-order valence-corrected chi connectivity index (χ3v) is 3.99. The predicted octanol–water partition coefficient (Wildman–Crippen LogP) is 3.43. The summed E-state index contributed by atoms with van der Waals surface area (Å²) < 4.78 is 0. The monoisotopic (exact) mass is 290 g/mol. The molecule has 0 bridgehead atoms. The van der Waals surface area contributed by atoms with E-state index >= 15 is 0 Å². The minimum absolute atomic E-state index is 0.149. The zero-order chi connectivity index (χ0) is 15.2. The molecule has 0 unspecified atom stereocenters. The summed E-state index contributed by atoms with van der Waals surface area (Å²) in [7, 11) is 1.80. The van der Waals surface area contributed by atoms with Gasteiger partial charge in [0.25, 0.3) is 0 Å². The van der Waals surface area contributed by atoms with Gasteiger partial charge in [-0.3, -0.25) is 0 Å². The molecule has 0 atom stereocenters. The van der Waals surface area contributed by atoms with Gasteiger partial charge in [0.15, 0.2) is 0 Å². The third kappa shape index (κ3) is 4.48. The van der Waals surface area contributed by atoms with Crippen LogP contribution in [0.15, 0.2) is 24.3 Å². The zero-order valence-corrected chi connectivity index (χ0v) is 12.3. The fraction of sp³-hybridized carbons (Fsp3) is 0.500. The van der Waals surface area contributed by atoms with Crippen molar-refractivity contribution in [2.24, 2.45) is 5.92 Å². The SMILES string of the molecule is CN(CC1CCCCC1)C(=O)Nc1ccc(C(=O)O)cc1. The minimum Gasteiger partial charge on any atom is -0.478 e. The zero-order valence-electron chi connectivity index (χ0n) is 12.3. The molecule has 0 aliphatic heterocycles. The van der Waals surface area contributed by atoms with E-state index in [1.54, 1.807) is 24.1 Å². The van der Waals surface area contributed by atoms with Crippen molar-refractivity contribution in [2.45, 2.75) is 32.1 Å². The van der Waals surface area contributed by atoms with Gasteiger partial charge >= 0.3 is 12.0 Å². The van der Waals surface area contributed by atoms with Crippen LogP contribution in [-0.2, 0) is 0 Å². The highest BCUT2D eigenvalue weighted by Gasteiger charge is 2.18. The highest BCUT2D eigenvalue weighted by molar-refractivity contribution is 5.91. The maximum absolute atomic E-state index is 12.1. The van der Waals surface area contributed by atoms with Gasteiger partial charge in [0.2, 0.25) is 0 Å². The molecule has 2 amide bonds. The molecule has 1 aliphatic carbocycles. The lowest BCUT2D eigenvalue weighted by atomic mass is 9.89. The number of carboxylic acid groups (broad SMARTS) is 1. The molecule has 5 heteroatoms. The predicted molar refractivity (Wildman–Crippen MR) is 81.6 cm³/mol. The van der Waals surface area contributed by atoms with E-state index in [-0.39, 0.29) is 11.6 Å². The quantitative estimate of drug-likeness (QED) is 0.892.